The minimum atomic E-state index is -0.595. The van der Waals surface area contributed by atoms with Gasteiger partial charge in [0.05, 0.1) is 22.5 Å². The maximum absolute atomic E-state index is 12.9. The van der Waals surface area contributed by atoms with Crippen molar-refractivity contribution < 1.29 is 14.4 Å². The quantitative estimate of drug-likeness (QED) is 0.410. The Bertz CT molecular complexity index is 1540. The van der Waals surface area contributed by atoms with Crippen molar-refractivity contribution in [3.05, 3.63) is 64.1 Å². The van der Waals surface area contributed by atoms with Gasteiger partial charge in [-0.1, -0.05) is 11.6 Å². The summed E-state index contributed by atoms with van der Waals surface area (Å²) < 4.78 is 2.13. The third kappa shape index (κ3) is 4.56. The van der Waals surface area contributed by atoms with Crippen LogP contribution in [0.3, 0.4) is 0 Å². The Balaban J connectivity index is 0.978. The summed E-state index contributed by atoms with van der Waals surface area (Å²) >= 11 is 6.53. The Hall–Kier alpha value is -3.72. The van der Waals surface area contributed by atoms with Gasteiger partial charge < -0.3 is 10.2 Å². The van der Waals surface area contributed by atoms with E-state index in [9.17, 15) is 14.4 Å². The Morgan fingerprint density at radius 1 is 1.07 bits per heavy atom. The summed E-state index contributed by atoms with van der Waals surface area (Å²) in [6, 6.07) is 9.40. The number of hydrogen-bond donors (Lipinski definition) is 2. The number of benzene rings is 1. The maximum Gasteiger partial charge on any atom is 0.255 e. The fraction of sp³-hybridized carbons (Fsp3) is 0.433. The van der Waals surface area contributed by atoms with Crippen molar-refractivity contribution in [2.45, 2.75) is 70.0 Å². The predicted molar refractivity (Wildman–Crippen MR) is 150 cm³/mol. The number of nitrogens with one attached hydrogen (secondary N) is 2. The average molecular weight is 559 g/mol. The molecule has 3 fully saturated rings. The summed E-state index contributed by atoms with van der Waals surface area (Å²) in [5.74, 6) is 0.216. The molecular weight excluding hydrogens is 528 g/mol. The number of fused-ring (bicyclic) bond motifs is 1. The molecule has 4 aliphatic rings. The average Bonchev–Trinajstić information content (AvgIpc) is 3.58. The summed E-state index contributed by atoms with van der Waals surface area (Å²) in [4.78, 5) is 43.1. The molecule has 9 nitrogen and oxygen atoms in total. The lowest BCUT2D eigenvalue weighted by Gasteiger charge is -2.35. The second-order valence-electron chi connectivity index (χ2n) is 11.6. The Kier molecular flexibility index (Phi) is 6.14. The predicted octanol–water partition coefficient (Wildman–Crippen LogP) is 4.61. The first kappa shape index (κ1) is 25.3. The number of anilines is 1. The highest BCUT2D eigenvalue weighted by Gasteiger charge is 2.39. The summed E-state index contributed by atoms with van der Waals surface area (Å²) in [6.45, 7) is 3.21. The van der Waals surface area contributed by atoms with Gasteiger partial charge in [0.2, 0.25) is 11.8 Å². The molecule has 2 aromatic heterocycles. The molecule has 2 aliphatic carbocycles. The van der Waals surface area contributed by atoms with E-state index in [1.54, 1.807) is 4.90 Å². The van der Waals surface area contributed by atoms with Gasteiger partial charge in [0.1, 0.15) is 6.04 Å². The van der Waals surface area contributed by atoms with Crippen LogP contribution in [0.1, 0.15) is 77.8 Å². The van der Waals surface area contributed by atoms with Crippen molar-refractivity contribution in [1.82, 2.24) is 25.0 Å². The summed E-state index contributed by atoms with van der Waals surface area (Å²) in [5, 5.41) is 11.6. The Morgan fingerprint density at radius 2 is 1.90 bits per heavy atom. The Labute approximate surface area is 237 Å². The van der Waals surface area contributed by atoms with Gasteiger partial charge in [-0.05, 0) is 80.8 Å². The third-order valence-electron chi connectivity index (χ3n) is 8.67. The van der Waals surface area contributed by atoms with E-state index in [1.165, 1.54) is 12.8 Å². The number of imide groups is 1. The molecule has 4 heterocycles. The van der Waals surface area contributed by atoms with E-state index in [0.29, 0.717) is 41.4 Å². The molecular formula is C30H31ClN6O3. The fourth-order valence-corrected chi connectivity index (χ4v) is 6.40. The zero-order valence-corrected chi connectivity index (χ0v) is 23.1. The van der Waals surface area contributed by atoms with E-state index < -0.39 is 6.04 Å². The largest absolute Gasteiger partial charge is 0.385 e. The molecule has 2 saturated carbocycles. The molecule has 1 saturated heterocycles. The van der Waals surface area contributed by atoms with E-state index in [1.807, 2.05) is 37.3 Å². The second-order valence-corrected chi connectivity index (χ2v) is 12.0. The van der Waals surface area contributed by atoms with Gasteiger partial charge in [0, 0.05) is 54.1 Å². The second kappa shape index (κ2) is 9.73. The Morgan fingerprint density at radius 3 is 2.67 bits per heavy atom. The van der Waals surface area contributed by atoms with Crippen LogP contribution >= 0.6 is 11.6 Å². The number of aromatic nitrogens is 3. The van der Waals surface area contributed by atoms with Crippen LogP contribution < -0.4 is 10.6 Å². The van der Waals surface area contributed by atoms with Crippen LogP contribution in [0.25, 0.3) is 11.3 Å². The normalized spacial score (nSPS) is 24.1. The molecule has 0 radical (unpaired) electrons. The highest BCUT2D eigenvalue weighted by molar-refractivity contribution is 6.33. The maximum atomic E-state index is 12.9. The highest BCUT2D eigenvalue weighted by atomic mass is 35.5. The van der Waals surface area contributed by atoms with Crippen molar-refractivity contribution >= 4 is 35.0 Å². The molecule has 1 aromatic carbocycles. The molecule has 2 N–H and O–H groups in total. The smallest absolute Gasteiger partial charge is 0.255 e. The lowest BCUT2D eigenvalue weighted by molar-refractivity contribution is -0.136. The summed E-state index contributed by atoms with van der Waals surface area (Å²) in [5.41, 5.74) is 6.48. The van der Waals surface area contributed by atoms with E-state index in [-0.39, 0.29) is 24.1 Å². The van der Waals surface area contributed by atoms with Crippen LogP contribution in [0.5, 0.6) is 0 Å². The van der Waals surface area contributed by atoms with Crippen molar-refractivity contribution in [2.24, 2.45) is 5.92 Å². The van der Waals surface area contributed by atoms with E-state index >= 15 is 0 Å². The van der Waals surface area contributed by atoms with Gasteiger partial charge >= 0.3 is 0 Å². The zero-order valence-electron chi connectivity index (χ0n) is 22.3. The number of carbonyl (C=O) groups is 3. The van der Waals surface area contributed by atoms with Crippen LogP contribution in [0.15, 0.2) is 36.5 Å². The number of nitrogens with zero attached hydrogens (tertiary/aromatic N) is 4. The van der Waals surface area contributed by atoms with E-state index in [2.05, 4.69) is 21.5 Å². The molecule has 1 unspecified atom stereocenters. The van der Waals surface area contributed by atoms with Crippen molar-refractivity contribution in [1.29, 1.82) is 0 Å². The number of amides is 3. The van der Waals surface area contributed by atoms with Gasteiger partial charge in [-0.3, -0.25) is 29.4 Å². The van der Waals surface area contributed by atoms with Gasteiger partial charge in [-0.15, -0.1) is 0 Å². The lowest BCUT2D eigenvalue weighted by atomic mass is 9.80. The number of halogens is 1. The highest BCUT2D eigenvalue weighted by Crippen LogP contribution is 2.46. The summed E-state index contributed by atoms with van der Waals surface area (Å²) in [7, 11) is 0. The van der Waals surface area contributed by atoms with Crippen LogP contribution in [0.2, 0.25) is 5.02 Å². The minimum absolute atomic E-state index is 0.149. The van der Waals surface area contributed by atoms with Gasteiger partial charge in [-0.25, -0.2) is 0 Å². The molecule has 206 valence electrons. The number of hydrogen-bond acceptors (Lipinski definition) is 6. The molecule has 7 rings (SSSR count). The first-order valence-electron chi connectivity index (χ1n) is 14.1. The van der Waals surface area contributed by atoms with E-state index in [4.69, 9.17) is 21.7 Å². The monoisotopic (exact) mass is 558 g/mol. The molecule has 40 heavy (non-hydrogen) atoms. The number of rotatable bonds is 7. The molecule has 0 spiro atoms. The summed E-state index contributed by atoms with van der Waals surface area (Å²) in [6.07, 6.45) is 7.18. The van der Waals surface area contributed by atoms with Crippen LogP contribution in [0, 0.1) is 12.8 Å². The van der Waals surface area contributed by atoms with Crippen molar-refractivity contribution in [2.75, 3.05) is 11.9 Å². The third-order valence-corrected chi connectivity index (χ3v) is 8.97. The van der Waals surface area contributed by atoms with Crippen LogP contribution in [-0.4, -0.2) is 50.0 Å². The zero-order chi connectivity index (χ0) is 27.5. The number of piperidine rings is 1. The van der Waals surface area contributed by atoms with Crippen LogP contribution in [0.4, 0.5) is 5.69 Å². The lowest BCUT2D eigenvalue weighted by Crippen LogP contribution is -2.52. The standard InChI is InChI=1S/C30H31ClN6O3/c1-16-2-7-24(31)28(33-16)23-15-37(35-27(23)18-3-4-18)21-10-17(11-21)13-32-20-5-6-22-19(12-20)14-36(30(22)40)25-8-9-26(38)34-29(25)39/h2,5-7,12,15,17-18,21,25,32H,3-4,8-11,13-14H2,1H3,(H,34,38,39)/t17-,21-,25?. The van der Waals surface area contributed by atoms with E-state index in [0.717, 1.165) is 53.3 Å². The first-order chi connectivity index (χ1) is 19.3. The molecule has 3 aromatic rings. The number of aryl methyl sites for hydroxylation is 1. The van der Waals surface area contributed by atoms with Crippen LogP contribution in [-0.2, 0) is 16.1 Å². The number of carbonyl (C=O) groups excluding carboxylic acids is 3. The molecule has 10 heteroatoms. The topological polar surface area (TPSA) is 109 Å². The van der Waals surface area contributed by atoms with Gasteiger partial charge in [0.25, 0.3) is 5.91 Å². The van der Waals surface area contributed by atoms with Gasteiger partial charge in [0.15, 0.2) is 0 Å². The van der Waals surface area contributed by atoms with Crippen molar-refractivity contribution in [3.8, 4) is 11.3 Å². The first-order valence-corrected chi connectivity index (χ1v) is 14.5. The molecule has 1 atom stereocenters. The molecule has 3 amide bonds. The SMILES string of the molecule is Cc1ccc(Cl)c(-c2cn([C@H]3C[C@H](CNc4ccc5c(c4)CN(C4CCC(=O)NC4=O)C5=O)C3)nc2C2CC2)n1. The number of pyridine rings is 1. The molecule has 2 aliphatic heterocycles. The minimum Gasteiger partial charge on any atom is -0.385 e. The van der Waals surface area contributed by atoms with Crippen molar-refractivity contribution in [3.63, 3.8) is 0 Å². The fourth-order valence-electron chi connectivity index (χ4n) is 6.19. The molecule has 0 bridgehead atoms. The van der Waals surface area contributed by atoms with Gasteiger partial charge in [-0.2, -0.15) is 5.10 Å².